The van der Waals surface area contributed by atoms with Gasteiger partial charge in [0.1, 0.15) is 29.6 Å². The standard InChI is InChI=1S/C21H23NO4/c1-14-5-9-19(15(2)11-14)24-13-18-8-10-20(26-18)21(23)22(4)12-17-7-6-16(3)25-17/h5-11H,12-13H2,1-4H3. The van der Waals surface area contributed by atoms with Gasteiger partial charge in [-0.2, -0.15) is 0 Å². The molecule has 0 aliphatic carbocycles. The van der Waals surface area contributed by atoms with Crippen molar-refractivity contribution < 1.29 is 18.4 Å². The van der Waals surface area contributed by atoms with E-state index in [4.69, 9.17) is 13.6 Å². The van der Waals surface area contributed by atoms with Gasteiger partial charge in [-0.1, -0.05) is 17.7 Å². The molecule has 0 unspecified atom stereocenters. The largest absolute Gasteiger partial charge is 0.485 e. The van der Waals surface area contributed by atoms with Crippen LogP contribution in [0.5, 0.6) is 5.75 Å². The highest BCUT2D eigenvalue weighted by atomic mass is 16.5. The second kappa shape index (κ2) is 7.52. The van der Waals surface area contributed by atoms with Crippen LogP contribution in [-0.4, -0.2) is 17.9 Å². The van der Waals surface area contributed by atoms with Gasteiger partial charge < -0.3 is 18.5 Å². The summed E-state index contributed by atoms with van der Waals surface area (Å²) in [5.41, 5.74) is 2.26. The molecule has 0 saturated heterocycles. The lowest BCUT2D eigenvalue weighted by Gasteiger charge is -2.14. The highest BCUT2D eigenvalue weighted by Crippen LogP contribution is 2.21. The topological polar surface area (TPSA) is 55.8 Å². The number of furan rings is 2. The molecule has 0 bridgehead atoms. The summed E-state index contributed by atoms with van der Waals surface area (Å²) in [6, 6.07) is 13.2. The molecule has 3 aromatic rings. The van der Waals surface area contributed by atoms with Crippen molar-refractivity contribution in [3.63, 3.8) is 0 Å². The third kappa shape index (κ3) is 4.17. The highest BCUT2D eigenvalue weighted by molar-refractivity contribution is 5.91. The normalized spacial score (nSPS) is 10.8. The van der Waals surface area contributed by atoms with Crippen molar-refractivity contribution in [1.29, 1.82) is 0 Å². The molecular weight excluding hydrogens is 330 g/mol. The molecule has 0 fully saturated rings. The van der Waals surface area contributed by atoms with Crippen molar-refractivity contribution in [2.75, 3.05) is 7.05 Å². The predicted octanol–water partition coefficient (Wildman–Crippen LogP) is 4.65. The van der Waals surface area contributed by atoms with Crippen LogP contribution in [0.4, 0.5) is 0 Å². The van der Waals surface area contributed by atoms with E-state index in [9.17, 15) is 4.79 Å². The lowest BCUT2D eigenvalue weighted by molar-refractivity contribution is 0.0739. The Hall–Kier alpha value is -2.95. The van der Waals surface area contributed by atoms with Gasteiger partial charge in [0, 0.05) is 7.05 Å². The number of rotatable bonds is 6. The molecular formula is C21H23NO4. The first-order valence-corrected chi connectivity index (χ1v) is 8.52. The van der Waals surface area contributed by atoms with Gasteiger partial charge in [-0.25, -0.2) is 0 Å². The third-order valence-electron chi connectivity index (χ3n) is 4.11. The Bertz CT molecular complexity index is 906. The Balaban J connectivity index is 1.60. The molecule has 0 radical (unpaired) electrons. The zero-order valence-electron chi connectivity index (χ0n) is 15.5. The van der Waals surface area contributed by atoms with Crippen LogP contribution in [0.3, 0.4) is 0 Å². The van der Waals surface area contributed by atoms with E-state index >= 15 is 0 Å². The van der Waals surface area contributed by atoms with Crippen molar-refractivity contribution in [2.24, 2.45) is 0 Å². The van der Waals surface area contributed by atoms with E-state index < -0.39 is 0 Å². The third-order valence-corrected chi connectivity index (χ3v) is 4.11. The van der Waals surface area contributed by atoms with Gasteiger partial charge in [-0.3, -0.25) is 4.79 Å². The minimum Gasteiger partial charge on any atom is -0.485 e. The Morgan fingerprint density at radius 1 is 1.00 bits per heavy atom. The fourth-order valence-corrected chi connectivity index (χ4v) is 2.74. The first-order chi connectivity index (χ1) is 12.4. The number of carbonyl (C=O) groups is 1. The van der Waals surface area contributed by atoms with Crippen molar-refractivity contribution in [2.45, 2.75) is 33.9 Å². The van der Waals surface area contributed by atoms with Crippen LogP contribution in [0.15, 0.2) is 51.3 Å². The van der Waals surface area contributed by atoms with Gasteiger partial charge in [0.25, 0.3) is 5.91 Å². The maximum absolute atomic E-state index is 12.5. The van der Waals surface area contributed by atoms with Crippen molar-refractivity contribution in [3.8, 4) is 5.75 Å². The summed E-state index contributed by atoms with van der Waals surface area (Å²) in [5.74, 6) is 3.07. The molecule has 2 aromatic heterocycles. The Labute approximate surface area is 153 Å². The average molecular weight is 353 g/mol. The van der Waals surface area contributed by atoms with Crippen molar-refractivity contribution >= 4 is 5.91 Å². The van der Waals surface area contributed by atoms with Crippen LogP contribution in [0.25, 0.3) is 0 Å². The number of nitrogens with zero attached hydrogens (tertiary/aromatic N) is 1. The van der Waals surface area contributed by atoms with Crippen molar-refractivity contribution in [3.05, 3.63) is 76.6 Å². The minimum atomic E-state index is -0.197. The average Bonchev–Trinajstić information content (AvgIpc) is 3.22. The quantitative estimate of drug-likeness (QED) is 0.647. The summed E-state index contributed by atoms with van der Waals surface area (Å²) >= 11 is 0. The Kier molecular flexibility index (Phi) is 5.16. The minimum absolute atomic E-state index is 0.197. The summed E-state index contributed by atoms with van der Waals surface area (Å²) in [6.45, 7) is 6.59. The zero-order valence-corrected chi connectivity index (χ0v) is 15.5. The van der Waals surface area contributed by atoms with Crippen LogP contribution in [0.2, 0.25) is 0 Å². The van der Waals surface area contributed by atoms with Crippen LogP contribution >= 0.6 is 0 Å². The number of hydrogen-bond acceptors (Lipinski definition) is 4. The van der Waals surface area contributed by atoms with Gasteiger partial charge in [-0.05, 0) is 56.7 Å². The maximum atomic E-state index is 12.5. The molecule has 0 aliphatic rings. The fourth-order valence-electron chi connectivity index (χ4n) is 2.74. The number of carbonyl (C=O) groups excluding carboxylic acids is 1. The summed E-state index contributed by atoms with van der Waals surface area (Å²) < 4.78 is 17.0. The summed E-state index contributed by atoms with van der Waals surface area (Å²) in [4.78, 5) is 14.0. The van der Waals surface area contributed by atoms with E-state index in [1.165, 1.54) is 5.56 Å². The lowest BCUT2D eigenvalue weighted by atomic mass is 10.1. The molecule has 3 rings (SSSR count). The van der Waals surface area contributed by atoms with Gasteiger partial charge in [0.2, 0.25) is 0 Å². The summed E-state index contributed by atoms with van der Waals surface area (Å²) in [7, 11) is 1.72. The van der Waals surface area contributed by atoms with E-state index in [1.807, 2.05) is 45.0 Å². The number of amides is 1. The molecule has 1 aromatic carbocycles. The molecule has 0 aliphatic heterocycles. The predicted molar refractivity (Wildman–Crippen MR) is 98.2 cm³/mol. The van der Waals surface area contributed by atoms with E-state index in [-0.39, 0.29) is 18.3 Å². The fraction of sp³-hybridized carbons (Fsp3) is 0.286. The molecule has 2 heterocycles. The molecule has 0 atom stereocenters. The van der Waals surface area contributed by atoms with Crippen LogP contribution in [0.1, 0.15) is 39.0 Å². The molecule has 5 nitrogen and oxygen atoms in total. The molecule has 5 heteroatoms. The van der Waals surface area contributed by atoms with E-state index in [1.54, 1.807) is 24.1 Å². The van der Waals surface area contributed by atoms with E-state index in [0.717, 1.165) is 22.8 Å². The van der Waals surface area contributed by atoms with Gasteiger partial charge in [0.15, 0.2) is 5.76 Å². The second-order valence-corrected chi connectivity index (χ2v) is 6.50. The molecule has 0 N–H and O–H groups in total. The molecule has 0 saturated carbocycles. The number of ether oxygens (including phenoxy) is 1. The molecule has 26 heavy (non-hydrogen) atoms. The first-order valence-electron chi connectivity index (χ1n) is 8.52. The van der Waals surface area contributed by atoms with Gasteiger partial charge >= 0.3 is 0 Å². The summed E-state index contributed by atoms with van der Waals surface area (Å²) in [5, 5.41) is 0. The van der Waals surface area contributed by atoms with Crippen molar-refractivity contribution in [1.82, 2.24) is 4.90 Å². The second-order valence-electron chi connectivity index (χ2n) is 6.50. The Morgan fingerprint density at radius 2 is 1.77 bits per heavy atom. The molecule has 136 valence electrons. The first kappa shape index (κ1) is 17.9. The summed E-state index contributed by atoms with van der Waals surface area (Å²) in [6.07, 6.45) is 0. The lowest BCUT2D eigenvalue weighted by Crippen LogP contribution is -2.25. The van der Waals surface area contributed by atoms with E-state index in [2.05, 4.69) is 6.07 Å². The van der Waals surface area contributed by atoms with Gasteiger partial charge in [0.05, 0.1) is 6.54 Å². The zero-order chi connectivity index (χ0) is 18.7. The molecule has 0 spiro atoms. The van der Waals surface area contributed by atoms with Crippen LogP contribution in [-0.2, 0) is 13.2 Å². The SMILES string of the molecule is Cc1ccc(OCc2ccc(C(=O)N(C)Cc3ccc(C)o3)o2)c(C)c1. The number of aryl methyl sites for hydroxylation is 3. The number of benzene rings is 1. The van der Waals surface area contributed by atoms with E-state index in [0.29, 0.717) is 12.3 Å². The van der Waals surface area contributed by atoms with Gasteiger partial charge in [-0.15, -0.1) is 0 Å². The molecule has 1 amide bonds. The monoisotopic (exact) mass is 353 g/mol. The maximum Gasteiger partial charge on any atom is 0.289 e. The highest BCUT2D eigenvalue weighted by Gasteiger charge is 2.17. The van der Waals surface area contributed by atoms with Crippen LogP contribution in [0, 0.1) is 20.8 Å². The Morgan fingerprint density at radius 3 is 2.46 bits per heavy atom. The number of hydrogen-bond donors (Lipinski definition) is 0. The van der Waals surface area contributed by atoms with Crippen LogP contribution < -0.4 is 4.74 Å². The smallest absolute Gasteiger partial charge is 0.289 e.